The molecule has 0 aromatic carbocycles. The zero-order valence-corrected chi connectivity index (χ0v) is 9.42. The molecule has 0 spiro atoms. The molecular formula is C12H18N2O. The van der Waals surface area contributed by atoms with Crippen LogP contribution in [-0.4, -0.2) is 18.5 Å². The highest BCUT2D eigenvalue weighted by atomic mass is 16.1. The van der Waals surface area contributed by atoms with Crippen molar-refractivity contribution in [3.05, 3.63) is 22.9 Å². The van der Waals surface area contributed by atoms with Crippen LogP contribution in [0.1, 0.15) is 33.1 Å². The summed E-state index contributed by atoms with van der Waals surface area (Å²) in [6.07, 6.45) is 5.65. The fraction of sp³-hybridized carbons (Fsp3) is 0.500. The minimum Gasteiger partial charge on any atom is -0.396 e. The summed E-state index contributed by atoms with van der Waals surface area (Å²) >= 11 is 0. The van der Waals surface area contributed by atoms with Crippen molar-refractivity contribution in [3.8, 4) is 0 Å². The molecule has 0 heterocycles. The predicted octanol–water partition coefficient (Wildman–Crippen LogP) is 1.99. The number of hydrogen-bond donors (Lipinski definition) is 1. The van der Waals surface area contributed by atoms with Crippen molar-refractivity contribution in [1.82, 2.24) is 0 Å². The maximum absolute atomic E-state index is 10.6. The number of aliphatic imine (C=N–C) groups is 1. The van der Waals surface area contributed by atoms with Gasteiger partial charge in [0.2, 0.25) is 0 Å². The molecule has 0 saturated heterocycles. The van der Waals surface area contributed by atoms with Crippen molar-refractivity contribution in [2.24, 2.45) is 10.7 Å². The summed E-state index contributed by atoms with van der Waals surface area (Å²) in [7, 11) is 0. The highest BCUT2D eigenvalue weighted by Gasteiger charge is 2.17. The number of carbonyl (C=O) groups excluding carboxylic acids is 1. The Morgan fingerprint density at radius 2 is 2.27 bits per heavy atom. The molecule has 0 atom stereocenters. The van der Waals surface area contributed by atoms with Crippen LogP contribution in [0.2, 0.25) is 0 Å². The van der Waals surface area contributed by atoms with E-state index in [4.69, 9.17) is 5.73 Å². The van der Waals surface area contributed by atoms with E-state index in [2.05, 4.69) is 4.99 Å². The molecule has 15 heavy (non-hydrogen) atoms. The minimum absolute atomic E-state index is 0.351. The molecule has 0 aliphatic heterocycles. The third kappa shape index (κ3) is 3.05. The largest absolute Gasteiger partial charge is 0.396 e. The van der Waals surface area contributed by atoms with Crippen LogP contribution < -0.4 is 5.73 Å². The standard InChI is InChI=1S/C12H18N2O/c1-3-9(2)7-14-12-6-4-5-10(12)11(13)8-15/h3,8H,4-7,13H2,1-2H3/b9-3+,11-10-,14-12?. The second kappa shape index (κ2) is 5.49. The summed E-state index contributed by atoms with van der Waals surface area (Å²) in [5.74, 6) is 0. The zero-order valence-electron chi connectivity index (χ0n) is 9.42. The summed E-state index contributed by atoms with van der Waals surface area (Å²) in [4.78, 5) is 15.1. The Balaban J connectivity index is 2.81. The first-order valence-corrected chi connectivity index (χ1v) is 5.28. The molecule has 3 heteroatoms. The minimum atomic E-state index is 0.351. The van der Waals surface area contributed by atoms with Gasteiger partial charge in [-0.15, -0.1) is 0 Å². The van der Waals surface area contributed by atoms with Gasteiger partial charge in [0.15, 0.2) is 6.29 Å². The Labute approximate surface area is 90.8 Å². The lowest BCUT2D eigenvalue weighted by Gasteiger charge is -2.02. The molecule has 0 bridgehead atoms. The molecule has 82 valence electrons. The molecule has 0 amide bonds. The van der Waals surface area contributed by atoms with E-state index in [1.165, 1.54) is 5.57 Å². The van der Waals surface area contributed by atoms with E-state index in [1.807, 2.05) is 19.9 Å². The van der Waals surface area contributed by atoms with E-state index in [9.17, 15) is 4.79 Å². The Kier molecular flexibility index (Phi) is 4.28. The lowest BCUT2D eigenvalue weighted by molar-refractivity contribution is -0.105. The monoisotopic (exact) mass is 206 g/mol. The van der Waals surface area contributed by atoms with Gasteiger partial charge in [-0.2, -0.15) is 0 Å². The van der Waals surface area contributed by atoms with Crippen molar-refractivity contribution in [1.29, 1.82) is 0 Å². The van der Waals surface area contributed by atoms with Gasteiger partial charge in [-0.05, 0) is 38.7 Å². The maximum Gasteiger partial charge on any atom is 0.166 e. The fourth-order valence-electron chi connectivity index (χ4n) is 1.60. The van der Waals surface area contributed by atoms with Crippen molar-refractivity contribution < 1.29 is 4.79 Å². The lowest BCUT2D eigenvalue weighted by atomic mass is 10.1. The van der Waals surface area contributed by atoms with E-state index < -0.39 is 0 Å². The number of carbonyl (C=O) groups is 1. The van der Waals surface area contributed by atoms with Gasteiger partial charge in [0, 0.05) is 5.71 Å². The third-order valence-electron chi connectivity index (χ3n) is 2.68. The van der Waals surface area contributed by atoms with E-state index in [0.29, 0.717) is 12.2 Å². The first kappa shape index (κ1) is 11.7. The van der Waals surface area contributed by atoms with Crippen LogP contribution in [0.4, 0.5) is 0 Å². The molecule has 1 aliphatic carbocycles. The second-order valence-electron chi connectivity index (χ2n) is 3.80. The average Bonchev–Trinajstić information content (AvgIpc) is 2.72. The van der Waals surface area contributed by atoms with Gasteiger partial charge < -0.3 is 5.73 Å². The second-order valence-corrected chi connectivity index (χ2v) is 3.80. The molecule has 0 unspecified atom stereocenters. The Morgan fingerprint density at radius 1 is 1.53 bits per heavy atom. The fourth-order valence-corrected chi connectivity index (χ4v) is 1.60. The lowest BCUT2D eigenvalue weighted by Crippen LogP contribution is -2.08. The first-order valence-electron chi connectivity index (χ1n) is 5.28. The van der Waals surface area contributed by atoms with Crippen LogP contribution in [0, 0.1) is 0 Å². The van der Waals surface area contributed by atoms with E-state index >= 15 is 0 Å². The van der Waals surface area contributed by atoms with Crippen LogP contribution in [0.15, 0.2) is 27.9 Å². The van der Waals surface area contributed by atoms with Crippen LogP contribution in [-0.2, 0) is 4.79 Å². The van der Waals surface area contributed by atoms with Crippen molar-refractivity contribution in [2.45, 2.75) is 33.1 Å². The van der Waals surface area contributed by atoms with Gasteiger partial charge >= 0.3 is 0 Å². The summed E-state index contributed by atoms with van der Waals surface area (Å²) in [5, 5.41) is 0. The number of nitrogens with zero attached hydrogens (tertiary/aromatic N) is 1. The summed E-state index contributed by atoms with van der Waals surface area (Å²) < 4.78 is 0. The van der Waals surface area contributed by atoms with Crippen LogP contribution >= 0.6 is 0 Å². The molecular weight excluding hydrogens is 188 g/mol. The number of hydrogen-bond acceptors (Lipinski definition) is 3. The van der Waals surface area contributed by atoms with Gasteiger partial charge in [0.25, 0.3) is 0 Å². The molecule has 0 aromatic rings. The molecule has 0 aromatic heterocycles. The SMILES string of the molecule is C/C=C(\C)CN=C1CCC/C1=C(/N)C=O. The third-order valence-corrected chi connectivity index (χ3v) is 2.68. The van der Waals surface area contributed by atoms with Crippen LogP contribution in [0.5, 0.6) is 0 Å². The quantitative estimate of drug-likeness (QED) is 0.436. The van der Waals surface area contributed by atoms with E-state index in [-0.39, 0.29) is 0 Å². The maximum atomic E-state index is 10.6. The molecule has 1 rings (SSSR count). The summed E-state index contributed by atoms with van der Waals surface area (Å²) in [6.45, 7) is 4.76. The molecule has 1 saturated carbocycles. The molecule has 3 nitrogen and oxygen atoms in total. The highest BCUT2D eigenvalue weighted by Crippen LogP contribution is 2.23. The Morgan fingerprint density at radius 3 is 2.87 bits per heavy atom. The van der Waals surface area contributed by atoms with Crippen LogP contribution in [0.25, 0.3) is 0 Å². The van der Waals surface area contributed by atoms with Gasteiger partial charge in [-0.3, -0.25) is 9.79 Å². The van der Waals surface area contributed by atoms with Crippen molar-refractivity contribution >= 4 is 12.0 Å². The van der Waals surface area contributed by atoms with Crippen molar-refractivity contribution in [2.75, 3.05) is 6.54 Å². The van der Waals surface area contributed by atoms with Crippen molar-refractivity contribution in [3.63, 3.8) is 0 Å². The Hall–Kier alpha value is -1.38. The summed E-state index contributed by atoms with van der Waals surface area (Å²) in [6, 6.07) is 0. The number of aldehydes is 1. The first-order chi connectivity index (χ1) is 7.19. The zero-order chi connectivity index (χ0) is 11.3. The molecule has 1 fully saturated rings. The van der Waals surface area contributed by atoms with Crippen LogP contribution in [0.3, 0.4) is 0 Å². The molecule has 0 radical (unpaired) electrons. The highest BCUT2D eigenvalue weighted by molar-refractivity contribution is 6.05. The van der Waals surface area contributed by atoms with Gasteiger partial charge in [0.1, 0.15) is 0 Å². The predicted molar refractivity (Wildman–Crippen MR) is 62.9 cm³/mol. The normalized spacial score (nSPS) is 23.3. The number of rotatable bonds is 3. The number of allylic oxidation sites excluding steroid dienone is 3. The van der Waals surface area contributed by atoms with Gasteiger partial charge in [0.05, 0.1) is 12.2 Å². The summed E-state index contributed by atoms with van der Waals surface area (Å²) in [5.41, 5.74) is 9.18. The smallest absolute Gasteiger partial charge is 0.166 e. The topological polar surface area (TPSA) is 55.4 Å². The van der Waals surface area contributed by atoms with Gasteiger partial charge in [-0.1, -0.05) is 11.6 Å². The Bertz CT molecular complexity index is 338. The molecule has 1 aliphatic rings. The van der Waals surface area contributed by atoms with Gasteiger partial charge in [-0.25, -0.2) is 0 Å². The van der Waals surface area contributed by atoms with E-state index in [1.54, 1.807) is 0 Å². The number of nitrogens with two attached hydrogens (primary N) is 1. The van der Waals surface area contributed by atoms with E-state index in [0.717, 1.165) is 36.8 Å². The average molecular weight is 206 g/mol. The molecule has 2 N–H and O–H groups in total.